The molecule has 3 aromatic rings. The summed E-state index contributed by atoms with van der Waals surface area (Å²) in [5.41, 5.74) is 4.98. The van der Waals surface area contributed by atoms with Crippen LogP contribution < -0.4 is 0 Å². The first-order chi connectivity index (χ1) is 15.0. The van der Waals surface area contributed by atoms with E-state index in [2.05, 4.69) is 40.4 Å². The number of nitrogens with zero attached hydrogens (tertiary/aromatic N) is 5. The molecule has 0 saturated carbocycles. The number of H-pyrrole nitrogens is 1. The summed E-state index contributed by atoms with van der Waals surface area (Å²) in [5, 5.41) is 8.78. The molecule has 2 amide bonds. The number of hydrogen-bond acceptors (Lipinski definition) is 4. The van der Waals surface area contributed by atoms with Crippen LogP contribution >= 0.6 is 0 Å². The quantitative estimate of drug-likeness (QED) is 0.664. The van der Waals surface area contributed by atoms with Gasteiger partial charge in [-0.05, 0) is 41.7 Å². The molecule has 0 bridgehead atoms. The smallest absolute Gasteiger partial charge is 0.269 e. The summed E-state index contributed by atoms with van der Waals surface area (Å²) in [7, 11) is 3.50. The van der Waals surface area contributed by atoms with Crippen molar-refractivity contribution in [2.75, 3.05) is 27.2 Å². The van der Waals surface area contributed by atoms with Crippen molar-refractivity contribution < 1.29 is 9.59 Å². The number of carbonyl (C=O) groups is 2. The van der Waals surface area contributed by atoms with Gasteiger partial charge in [0.2, 0.25) is 5.91 Å². The lowest BCUT2D eigenvalue weighted by Crippen LogP contribution is -2.36. The topological polar surface area (TPSA) is 87.1 Å². The van der Waals surface area contributed by atoms with E-state index in [-0.39, 0.29) is 11.8 Å². The molecule has 0 atom stereocenters. The van der Waals surface area contributed by atoms with Gasteiger partial charge in [0.25, 0.3) is 5.91 Å². The Kier molecular flexibility index (Phi) is 5.88. The van der Waals surface area contributed by atoms with Crippen LogP contribution in [-0.2, 0) is 17.8 Å². The maximum atomic E-state index is 12.7. The normalized spacial score (nSPS) is 14.0. The second-order valence-corrected chi connectivity index (χ2v) is 8.08. The molecule has 0 aliphatic carbocycles. The molecule has 2 aromatic heterocycles. The molecule has 4 rings (SSSR count). The minimum atomic E-state index is -0.0409. The summed E-state index contributed by atoms with van der Waals surface area (Å²) < 4.78 is 1.68. The van der Waals surface area contributed by atoms with Crippen LogP contribution in [-0.4, -0.2) is 68.8 Å². The second-order valence-electron chi connectivity index (χ2n) is 8.08. The van der Waals surface area contributed by atoms with Crippen molar-refractivity contribution in [3.8, 4) is 0 Å². The van der Waals surface area contributed by atoms with Gasteiger partial charge in [0.1, 0.15) is 5.69 Å². The van der Waals surface area contributed by atoms with Crippen molar-refractivity contribution in [1.82, 2.24) is 29.8 Å². The van der Waals surface area contributed by atoms with Crippen LogP contribution in [0.25, 0.3) is 16.5 Å². The minimum absolute atomic E-state index is 0.0409. The van der Waals surface area contributed by atoms with E-state index in [1.165, 1.54) is 5.56 Å². The average molecular weight is 421 g/mol. The van der Waals surface area contributed by atoms with Gasteiger partial charge in [-0.2, -0.15) is 0 Å². The molecular weight excluding hydrogens is 392 g/mol. The SMILES string of the molecule is CCc1cc(C2=CCCN(C(=O)CCn3ccnn3)C2)cc2[nH]c(C(=O)N(C)C)cc12. The Morgan fingerprint density at radius 1 is 1.23 bits per heavy atom. The van der Waals surface area contributed by atoms with Gasteiger partial charge in [-0.3, -0.25) is 14.3 Å². The third-order valence-corrected chi connectivity index (χ3v) is 5.74. The molecule has 0 saturated heterocycles. The molecule has 1 aromatic carbocycles. The van der Waals surface area contributed by atoms with E-state index in [1.807, 2.05) is 11.0 Å². The van der Waals surface area contributed by atoms with Crippen molar-refractivity contribution in [3.05, 3.63) is 53.5 Å². The lowest BCUT2D eigenvalue weighted by atomic mass is 9.96. The maximum Gasteiger partial charge on any atom is 0.269 e. The highest BCUT2D eigenvalue weighted by Gasteiger charge is 2.21. The molecule has 3 heterocycles. The number of carbonyl (C=O) groups excluding carboxylic acids is 2. The van der Waals surface area contributed by atoms with Gasteiger partial charge in [-0.25, -0.2) is 0 Å². The number of aryl methyl sites for hydroxylation is 2. The Morgan fingerprint density at radius 3 is 2.77 bits per heavy atom. The molecule has 1 aliphatic rings. The van der Waals surface area contributed by atoms with Gasteiger partial charge in [0, 0.05) is 50.7 Å². The third-order valence-electron chi connectivity index (χ3n) is 5.74. The van der Waals surface area contributed by atoms with Gasteiger partial charge < -0.3 is 14.8 Å². The molecule has 1 aliphatic heterocycles. The summed E-state index contributed by atoms with van der Waals surface area (Å²) in [5.74, 6) is 0.0810. The molecule has 0 fully saturated rings. The molecular formula is C23H28N6O2. The first-order valence-electron chi connectivity index (χ1n) is 10.6. The van der Waals surface area contributed by atoms with Crippen LogP contribution in [0.4, 0.5) is 0 Å². The van der Waals surface area contributed by atoms with Gasteiger partial charge >= 0.3 is 0 Å². The van der Waals surface area contributed by atoms with E-state index in [0.29, 0.717) is 25.2 Å². The summed E-state index contributed by atoms with van der Waals surface area (Å²) in [6.07, 6.45) is 7.71. The molecule has 0 spiro atoms. The van der Waals surface area contributed by atoms with E-state index >= 15 is 0 Å². The average Bonchev–Trinajstić information content (AvgIpc) is 3.45. The number of benzene rings is 1. The van der Waals surface area contributed by atoms with E-state index in [0.717, 1.165) is 41.4 Å². The van der Waals surface area contributed by atoms with Crippen molar-refractivity contribution in [3.63, 3.8) is 0 Å². The largest absolute Gasteiger partial charge is 0.350 e. The molecule has 162 valence electrons. The lowest BCUT2D eigenvalue weighted by Gasteiger charge is -2.28. The van der Waals surface area contributed by atoms with Crippen LogP contribution in [0.5, 0.6) is 0 Å². The number of rotatable bonds is 6. The molecule has 0 unspecified atom stereocenters. The number of aromatic amines is 1. The fraction of sp³-hybridized carbons (Fsp3) is 0.391. The highest BCUT2D eigenvalue weighted by atomic mass is 16.2. The molecule has 31 heavy (non-hydrogen) atoms. The fourth-order valence-electron chi connectivity index (χ4n) is 4.03. The Labute approximate surface area is 181 Å². The molecule has 8 heteroatoms. The van der Waals surface area contributed by atoms with E-state index in [1.54, 1.807) is 36.1 Å². The Hall–Kier alpha value is -3.42. The molecule has 8 nitrogen and oxygen atoms in total. The highest BCUT2D eigenvalue weighted by molar-refractivity contribution is 5.99. The highest BCUT2D eigenvalue weighted by Crippen LogP contribution is 2.29. The predicted octanol–water partition coefficient (Wildman–Crippen LogP) is 2.73. The van der Waals surface area contributed by atoms with Crippen LogP contribution in [0.15, 0.2) is 36.7 Å². The van der Waals surface area contributed by atoms with E-state index in [9.17, 15) is 9.59 Å². The first kappa shape index (κ1) is 20.8. The predicted molar refractivity (Wildman–Crippen MR) is 120 cm³/mol. The van der Waals surface area contributed by atoms with Crippen molar-refractivity contribution >= 4 is 28.3 Å². The molecule has 1 N–H and O–H groups in total. The van der Waals surface area contributed by atoms with E-state index in [4.69, 9.17) is 0 Å². The Morgan fingerprint density at radius 2 is 2.06 bits per heavy atom. The van der Waals surface area contributed by atoms with Crippen LogP contribution in [0.1, 0.15) is 41.4 Å². The maximum absolute atomic E-state index is 12.7. The van der Waals surface area contributed by atoms with Crippen molar-refractivity contribution in [1.29, 1.82) is 0 Å². The van der Waals surface area contributed by atoms with Crippen LogP contribution in [0.3, 0.4) is 0 Å². The van der Waals surface area contributed by atoms with Crippen molar-refractivity contribution in [2.45, 2.75) is 32.7 Å². The first-order valence-corrected chi connectivity index (χ1v) is 10.6. The summed E-state index contributed by atoms with van der Waals surface area (Å²) in [6.45, 7) is 3.97. The van der Waals surface area contributed by atoms with Gasteiger partial charge in [-0.1, -0.05) is 24.3 Å². The number of nitrogens with one attached hydrogen (secondary N) is 1. The fourth-order valence-corrected chi connectivity index (χ4v) is 4.03. The Bertz CT molecular complexity index is 1130. The summed E-state index contributed by atoms with van der Waals surface area (Å²) in [4.78, 5) is 31.9. The minimum Gasteiger partial charge on any atom is -0.350 e. The summed E-state index contributed by atoms with van der Waals surface area (Å²) in [6, 6.07) is 6.22. The van der Waals surface area contributed by atoms with Gasteiger partial charge in [0.15, 0.2) is 0 Å². The molecule has 0 radical (unpaired) electrons. The second kappa shape index (κ2) is 8.75. The third kappa shape index (κ3) is 4.38. The zero-order chi connectivity index (χ0) is 22.0. The van der Waals surface area contributed by atoms with Gasteiger partial charge in [-0.15, -0.1) is 5.10 Å². The zero-order valence-electron chi connectivity index (χ0n) is 18.3. The van der Waals surface area contributed by atoms with Gasteiger partial charge in [0.05, 0.1) is 12.7 Å². The van der Waals surface area contributed by atoms with Crippen LogP contribution in [0.2, 0.25) is 0 Å². The number of fused-ring (bicyclic) bond motifs is 1. The Balaban J connectivity index is 1.55. The van der Waals surface area contributed by atoms with Crippen molar-refractivity contribution in [2.24, 2.45) is 0 Å². The summed E-state index contributed by atoms with van der Waals surface area (Å²) >= 11 is 0. The van der Waals surface area contributed by atoms with Crippen LogP contribution in [0, 0.1) is 0 Å². The zero-order valence-corrected chi connectivity index (χ0v) is 18.3. The number of aromatic nitrogens is 4. The monoisotopic (exact) mass is 420 g/mol. The lowest BCUT2D eigenvalue weighted by molar-refractivity contribution is -0.131. The van der Waals surface area contributed by atoms with E-state index < -0.39 is 0 Å². The number of hydrogen-bond donors (Lipinski definition) is 1. The number of amides is 2. The standard InChI is InChI=1S/C23H28N6O2/c1-4-16-12-18(13-20-19(16)14-21(25-20)23(31)27(2)3)17-6-5-9-28(15-17)22(30)7-10-29-11-8-24-26-29/h6,8,11-14,25H,4-5,7,9-10,15H2,1-3H3.